The van der Waals surface area contributed by atoms with Gasteiger partial charge >= 0.3 is 0 Å². The highest BCUT2D eigenvalue weighted by atomic mass is 79.9. The number of carbonyl (C=O) groups is 1. The van der Waals surface area contributed by atoms with Crippen molar-refractivity contribution in [3.63, 3.8) is 0 Å². The molecule has 0 saturated carbocycles. The number of hydrogen-bond donors (Lipinski definition) is 0. The molecule has 2 heterocycles. The van der Waals surface area contributed by atoms with E-state index in [0.29, 0.717) is 5.56 Å². The van der Waals surface area contributed by atoms with Crippen LogP contribution in [-0.2, 0) is 0 Å². The summed E-state index contributed by atoms with van der Waals surface area (Å²) in [6.45, 7) is 0. The van der Waals surface area contributed by atoms with Gasteiger partial charge in [0.1, 0.15) is 22.2 Å². The fourth-order valence-electron chi connectivity index (χ4n) is 1.87. The average molecular weight is 301 g/mol. The molecule has 0 saturated heterocycles. The zero-order valence-electron chi connectivity index (χ0n) is 9.38. The van der Waals surface area contributed by atoms with Crippen LogP contribution in [0.5, 0.6) is 0 Å². The van der Waals surface area contributed by atoms with E-state index in [9.17, 15) is 4.79 Å². The summed E-state index contributed by atoms with van der Waals surface area (Å²) in [5.41, 5.74) is 3.41. The van der Waals surface area contributed by atoms with Gasteiger partial charge in [-0.3, -0.25) is 9.20 Å². The largest absolute Gasteiger partial charge is 0.298 e. The predicted octanol–water partition coefficient (Wildman–Crippen LogP) is 3.58. The van der Waals surface area contributed by atoms with E-state index in [2.05, 4.69) is 20.9 Å². The van der Waals surface area contributed by atoms with Crippen LogP contribution in [-0.4, -0.2) is 15.7 Å². The Morgan fingerprint density at radius 1 is 1.11 bits per heavy atom. The number of fused-ring (bicyclic) bond motifs is 1. The van der Waals surface area contributed by atoms with Gasteiger partial charge < -0.3 is 0 Å². The number of hydrogen-bond acceptors (Lipinski definition) is 2. The molecule has 18 heavy (non-hydrogen) atoms. The van der Waals surface area contributed by atoms with Crippen LogP contribution >= 0.6 is 15.9 Å². The molecule has 0 aliphatic heterocycles. The van der Waals surface area contributed by atoms with Crippen molar-refractivity contribution >= 4 is 27.9 Å². The predicted molar refractivity (Wildman–Crippen MR) is 73.7 cm³/mol. The Hall–Kier alpha value is -1.94. The Kier molecular flexibility index (Phi) is 2.72. The molecule has 0 aliphatic rings. The third-order valence-corrected chi connectivity index (χ3v) is 3.55. The molecule has 0 radical (unpaired) electrons. The first kappa shape index (κ1) is 11.2. The van der Waals surface area contributed by atoms with E-state index < -0.39 is 0 Å². The third-order valence-electron chi connectivity index (χ3n) is 2.79. The lowest BCUT2D eigenvalue weighted by Crippen LogP contribution is -1.83. The Bertz CT molecular complexity index is 716. The van der Waals surface area contributed by atoms with E-state index in [-0.39, 0.29) is 0 Å². The Morgan fingerprint density at radius 2 is 1.89 bits per heavy atom. The van der Waals surface area contributed by atoms with Crippen LogP contribution in [0.15, 0.2) is 53.3 Å². The van der Waals surface area contributed by atoms with Gasteiger partial charge in [0.2, 0.25) is 0 Å². The molecular formula is C14H9BrN2O. The van der Waals surface area contributed by atoms with Crippen molar-refractivity contribution in [3.8, 4) is 11.3 Å². The lowest BCUT2D eigenvalue weighted by molar-refractivity contribution is 0.112. The van der Waals surface area contributed by atoms with Crippen molar-refractivity contribution < 1.29 is 4.79 Å². The topological polar surface area (TPSA) is 34.4 Å². The third kappa shape index (κ3) is 1.75. The van der Waals surface area contributed by atoms with Gasteiger partial charge in [0.15, 0.2) is 0 Å². The second-order valence-electron chi connectivity index (χ2n) is 3.92. The molecule has 0 fully saturated rings. The van der Waals surface area contributed by atoms with Crippen molar-refractivity contribution in [3.05, 3.63) is 58.8 Å². The van der Waals surface area contributed by atoms with Gasteiger partial charge in [-0.2, -0.15) is 0 Å². The van der Waals surface area contributed by atoms with Gasteiger partial charge in [0, 0.05) is 17.3 Å². The number of nitrogens with zero attached hydrogens (tertiary/aromatic N) is 2. The summed E-state index contributed by atoms with van der Waals surface area (Å²) in [5, 5.41) is 0. The van der Waals surface area contributed by atoms with E-state index in [0.717, 1.165) is 27.8 Å². The molecule has 3 aromatic rings. The highest BCUT2D eigenvalue weighted by molar-refractivity contribution is 9.10. The Balaban J connectivity index is 2.18. The minimum atomic E-state index is 0.665. The molecule has 0 unspecified atom stereocenters. The van der Waals surface area contributed by atoms with E-state index in [1.807, 2.05) is 40.9 Å². The molecule has 3 rings (SSSR count). The molecule has 0 atom stereocenters. The summed E-state index contributed by atoms with van der Waals surface area (Å²) in [7, 11) is 0. The summed E-state index contributed by atoms with van der Waals surface area (Å²) in [4.78, 5) is 15.2. The first-order valence-electron chi connectivity index (χ1n) is 5.48. The van der Waals surface area contributed by atoms with Crippen molar-refractivity contribution in [2.75, 3.05) is 0 Å². The summed E-state index contributed by atoms with van der Waals surface area (Å²) < 4.78 is 2.89. The number of pyridine rings is 1. The number of aromatic nitrogens is 2. The van der Waals surface area contributed by atoms with Gasteiger partial charge in [0.25, 0.3) is 0 Å². The molecule has 88 valence electrons. The lowest BCUT2D eigenvalue weighted by Gasteiger charge is -1.98. The number of imidazole rings is 1. The Morgan fingerprint density at radius 3 is 2.56 bits per heavy atom. The molecule has 0 bridgehead atoms. The first-order chi connectivity index (χ1) is 8.79. The molecule has 0 aliphatic carbocycles. The summed E-state index contributed by atoms with van der Waals surface area (Å²) in [6.07, 6.45) is 2.79. The van der Waals surface area contributed by atoms with E-state index in [1.54, 1.807) is 12.1 Å². The second kappa shape index (κ2) is 4.38. The SMILES string of the molecule is O=Cc1ccc(-c2nc3ccccn3c2Br)cc1. The molecular weight excluding hydrogens is 292 g/mol. The Labute approximate surface area is 112 Å². The maximum absolute atomic E-state index is 10.6. The first-order valence-corrected chi connectivity index (χ1v) is 6.27. The molecule has 0 spiro atoms. The fourth-order valence-corrected chi connectivity index (χ4v) is 2.49. The van der Waals surface area contributed by atoms with Crippen molar-refractivity contribution in [1.29, 1.82) is 0 Å². The average Bonchev–Trinajstić information content (AvgIpc) is 2.77. The normalized spacial score (nSPS) is 10.7. The number of carbonyl (C=O) groups excluding carboxylic acids is 1. The van der Waals surface area contributed by atoms with Crippen molar-refractivity contribution in [2.24, 2.45) is 0 Å². The standard InChI is InChI=1S/C14H9BrN2O/c15-14-13(11-6-4-10(9-18)5-7-11)16-12-3-1-2-8-17(12)14/h1-9H. The highest BCUT2D eigenvalue weighted by Crippen LogP contribution is 2.28. The zero-order valence-corrected chi connectivity index (χ0v) is 11.0. The maximum Gasteiger partial charge on any atom is 0.150 e. The lowest BCUT2D eigenvalue weighted by atomic mass is 10.1. The summed E-state index contributed by atoms with van der Waals surface area (Å²) in [6, 6.07) is 13.2. The number of halogens is 1. The molecule has 4 heteroatoms. The van der Waals surface area contributed by atoms with Crippen LogP contribution in [0.3, 0.4) is 0 Å². The van der Waals surface area contributed by atoms with E-state index in [1.165, 1.54) is 0 Å². The minimum absolute atomic E-state index is 0.665. The molecule has 0 N–H and O–H groups in total. The molecule has 2 aromatic heterocycles. The number of benzene rings is 1. The molecule has 3 nitrogen and oxygen atoms in total. The minimum Gasteiger partial charge on any atom is -0.298 e. The number of aldehydes is 1. The van der Waals surface area contributed by atoms with Crippen LogP contribution < -0.4 is 0 Å². The molecule has 0 amide bonds. The van der Waals surface area contributed by atoms with Crippen LogP contribution in [0.2, 0.25) is 0 Å². The van der Waals surface area contributed by atoms with E-state index >= 15 is 0 Å². The monoisotopic (exact) mass is 300 g/mol. The van der Waals surface area contributed by atoms with Gasteiger partial charge in [-0.05, 0) is 28.1 Å². The van der Waals surface area contributed by atoms with Crippen molar-refractivity contribution in [1.82, 2.24) is 9.38 Å². The van der Waals surface area contributed by atoms with E-state index in [4.69, 9.17) is 0 Å². The summed E-state index contributed by atoms with van der Waals surface area (Å²) >= 11 is 3.56. The number of rotatable bonds is 2. The van der Waals surface area contributed by atoms with Crippen molar-refractivity contribution in [2.45, 2.75) is 0 Å². The van der Waals surface area contributed by atoms with Gasteiger partial charge in [0.05, 0.1) is 0 Å². The highest BCUT2D eigenvalue weighted by Gasteiger charge is 2.10. The van der Waals surface area contributed by atoms with Gasteiger partial charge in [-0.25, -0.2) is 4.98 Å². The van der Waals surface area contributed by atoms with Crippen LogP contribution in [0.25, 0.3) is 16.9 Å². The smallest absolute Gasteiger partial charge is 0.150 e. The zero-order chi connectivity index (χ0) is 12.5. The fraction of sp³-hybridized carbons (Fsp3) is 0. The quantitative estimate of drug-likeness (QED) is 0.678. The van der Waals surface area contributed by atoms with Gasteiger partial charge in [-0.15, -0.1) is 0 Å². The maximum atomic E-state index is 10.6. The second-order valence-corrected chi connectivity index (χ2v) is 4.67. The van der Waals surface area contributed by atoms with Crippen LogP contribution in [0, 0.1) is 0 Å². The summed E-state index contributed by atoms with van der Waals surface area (Å²) in [5.74, 6) is 0. The van der Waals surface area contributed by atoms with Crippen LogP contribution in [0.4, 0.5) is 0 Å². The molecule has 1 aromatic carbocycles. The van der Waals surface area contributed by atoms with Crippen LogP contribution in [0.1, 0.15) is 10.4 Å². The van der Waals surface area contributed by atoms with Gasteiger partial charge in [-0.1, -0.05) is 30.3 Å².